The number of halogens is 4. The fourth-order valence-corrected chi connectivity index (χ4v) is 2.19. The second-order valence-corrected chi connectivity index (χ2v) is 4.75. The Labute approximate surface area is 125 Å². The molecule has 1 aromatic carbocycles. The van der Waals surface area contributed by atoms with Crippen LogP contribution < -0.4 is 15.7 Å². The molecule has 0 unspecified atom stereocenters. The van der Waals surface area contributed by atoms with Gasteiger partial charge in [-0.1, -0.05) is 11.6 Å². The van der Waals surface area contributed by atoms with E-state index in [1.165, 1.54) is 0 Å². The van der Waals surface area contributed by atoms with Crippen LogP contribution in [-0.2, 0) is 4.65 Å². The Morgan fingerprint density at radius 3 is 2.32 bits per heavy atom. The lowest BCUT2D eigenvalue weighted by molar-refractivity contribution is -0.421. The lowest BCUT2D eigenvalue weighted by Gasteiger charge is -2.13. The van der Waals surface area contributed by atoms with E-state index in [9.17, 15) is 18.0 Å². The molecule has 120 valence electrons. The summed E-state index contributed by atoms with van der Waals surface area (Å²) in [5.41, 5.74) is -0.878. The van der Waals surface area contributed by atoms with Gasteiger partial charge in [-0.25, -0.2) is 4.79 Å². The topological polar surface area (TPSA) is 116 Å². The van der Waals surface area contributed by atoms with Gasteiger partial charge >= 0.3 is 25.2 Å². The van der Waals surface area contributed by atoms with E-state index in [0.717, 1.165) is 6.07 Å². The van der Waals surface area contributed by atoms with Crippen molar-refractivity contribution in [3.05, 3.63) is 16.7 Å². The van der Waals surface area contributed by atoms with E-state index in [-0.39, 0.29) is 15.9 Å². The second-order valence-electron chi connectivity index (χ2n) is 4.34. The maximum atomic E-state index is 12.2. The van der Waals surface area contributed by atoms with Crippen molar-refractivity contribution >= 4 is 35.4 Å². The molecule has 0 radical (unpaired) electrons. The average molecular weight is 342 g/mol. The molecular weight excluding hydrogens is 335 g/mol. The minimum atomic E-state index is -4.69. The number of carboxylic acid groups (broad SMARTS) is 1. The number of fused-ring (bicyclic) bond motifs is 1. The Kier molecular flexibility index (Phi) is 4.04. The number of carboxylic acids is 1. The largest absolute Gasteiger partial charge is 0.483 e. The summed E-state index contributed by atoms with van der Waals surface area (Å²) in [5, 5.41) is 35.0. The summed E-state index contributed by atoms with van der Waals surface area (Å²) in [6.45, 7) is -3.13. The zero-order chi connectivity index (χ0) is 16.9. The highest BCUT2D eigenvalue weighted by Crippen LogP contribution is 2.29. The summed E-state index contributed by atoms with van der Waals surface area (Å²) in [4.78, 5) is 11.2. The Balaban J connectivity index is 2.36. The summed E-state index contributed by atoms with van der Waals surface area (Å²) in [7, 11) is 0. The normalized spacial score (nSPS) is 13.9. The van der Waals surface area contributed by atoms with Crippen LogP contribution in [0.5, 0.6) is 5.75 Å². The predicted molar refractivity (Wildman–Crippen MR) is 65.5 cm³/mol. The van der Waals surface area contributed by atoms with Gasteiger partial charge in [-0.2, -0.15) is 13.2 Å². The number of rotatable bonds is 5. The first-order valence-electron chi connectivity index (χ1n) is 5.55. The summed E-state index contributed by atoms with van der Waals surface area (Å²) in [6.07, 6.45) is -8.25. The van der Waals surface area contributed by atoms with Gasteiger partial charge < -0.3 is 29.8 Å². The Morgan fingerprint density at radius 1 is 1.27 bits per heavy atom. The molecule has 0 atom stereocenters. The molecule has 4 N–H and O–H groups in total. The molecule has 7 nitrogen and oxygen atoms in total. The van der Waals surface area contributed by atoms with Crippen LogP contribution in [0, 0.1) is 0 Å². The minimum Gasteiger partial charge on any atom is -0.483 e. The van der Waals surface area contributed by atoms with Gasteiger partial charge in [0.15, 0.2) is 6.61 Å². The number of alkyl halides is 3. The van der Waals surface area contributed by atoms with Crippen molar-refractivity contribution in [1.29, 1.82) is 0 Å². The maximum absolute atomic E-state index is 12.2. The summed E-state index contributed by atoms with van der Waals surface area (Å²) >= 11 is 5.74. The van der Waals surface area contributed by atoms with Crippen LogP contribution in [0.2, 0.25) is 5.02 Å². The Bertz CT molecular complexity index is 625. The first-order valence-corrected chi connectivity index (χ1v) is 5.92. The molecule has 1 aromatic rings. The van der Waals surface area contributed by atoms with Crippen molar-refractivity contribution in [3.8, 4) is 5.75 Å². The van der Waals surface area contributed by atoms with Gasteiger partial charge in [0, 0.05) is 5.02 Å². The van der Waals surface area contributed by atoms with Crippen LogP contribution in [-0.4, -0.2) is 52.3 Å². The highest BCUT2D eigenvalue weighted by atomic mass is 35.5. The van der Waals surface area contributed by atoms with Crippen molar-refractivity contribution in [1.82, 2.24) is 0 Å². The molecule has 12 heteroatoms. The third kappa shape index (κ3) is 3.62. The highest BCUT2D eigenvalue weighted by molar-refractivity contribution is 7.00. The van der Waals surface area contributed by atoms with Gasteiger partial charge in [0.25, 0.3) is 0 Å². The molecule has 0 bridgehead atoms. The smallest absolute Gasteiger partial charge is 0.422 e. The summed E-state index contributed by atoms with van der Waals surface area (Å²) < 4.78 is 45.2. The molecular formula is C10H7BClF3O7. The number of hydrogen-bond donors (Lipinski definition) is 4. The lowest BCUT2D eigenvalue weighted by atomic mass is 9.85. The van der Waals surface area contributed by atoms with Gasteiger partial charge in [0.2, 0.25) is 0 Å². The monoisotopic (exact) mass is 342 g/mol. The number of aliphatic hydroxyl groups is 3. The van der Waals surface area contributed by atoms with Crippen LogP contribution in [0.3, 0.4) is 0 Å². The molecule has 1 aliphatic heterocycles. The van der Waals surface area contributed by atoms with Crippen molar-refractivity contribution in [2.24, 2.45) is 0 Å². The standard InChI is InChI=1S/C10H7BClF3O7/c12-3-1-4(21-2-9(13,14)15)5(8(16)17)7-6(3)11(7)22-10(18,19)20/h1,18-20H,2H2,(H,16,17). The van der Waals surface area contributed by atoms with Crippen molar-refractivity contribution in [2.45, 2.75) is 12.3 Å². The Hall–Kier alpha value is -1.53. The van der Waals surface area contributed by atoms with E-state index >= 15 is 0 Å². The third-order valence-corrected chi connectivity index (χ3v) is 2.96. The van der Waals surface area contributed by atoms with E-state index in [0.29, 0.717) is 0 Å². The van der Waals surface area contributed by atoms with Gasteiger partial charge in [-0.15, -0.1) is 0 Å². The minimum absolute atomic E-state index is 0.0000460. The number of ether oxygens (including phenoxy) is 1. The van der Waals surface area contributed by atoms with Crippen molar-refractivity contribution in [3.63, 3.8) is 0 Å². The van der Waals surface area contributed by atoms with Gasteiger partial charge in [-0.05, 0) is 17.0 Å². The van der Waals surface area contributed by atoms with Crippen molar-refractivity contribution < 1.29 is 47.8 Å². The second kappa shape index (κ2) is 5.28. The highest BCUT2D eigenvalue weighted by Gasteiger charge is 2.51. The summed E-state index contributed by atoms with van der Waals surface area (Å²) in [5.74, 6) is -2.28. The van der Waals surface area contributed by atoms with Crippen LogP contribution in [0.15, 0.2) is 6.07 Å². The zero-order valence-electron chi connectivity index (χ0n) is 10.4. The van der Waals surface area contributed by atoms with Gasteiger partial charge in [-0.3, -0.25) is 0 Å². The first-order chi connectivity index (χ1) is 9.91. The van der Waals surface area contributed by atoms with Gasteiger partial charge in [0.1, 0.15) is 5.75 Å². The Morgan fingerprint density at radius 2 is 1.86 bits per heavy atom. The molecule has 0 aromatic heterocycles. The van der Waals surface area contributed by atoms with E-state index in [4.69, 9.17) is 32.0 Å². The molecule has 1 heterocycles. The SMILES string of the molecule is O=C(O)c1c(OCC(F)(F)F)cc(Cl)c2c1B2OC(O)(O)O. The molecule has 0 aliphatic carbocycles. The number of carbonyl (C=O) groups is 1. The van der Waals surface area contributed by atoms with Crippen molar-refractivity contribution in [2.75, 3.05) is 6.61 Å². The van der Waals surface area contributed by atoms with Crippen LogP contribution in [0.1, 0.15) is 10.4 Å². The predicted octanol–water partition coefficient (Wildman–Crippen LogP) is -0.997. The number of hydrogen-bond acceptors (Lipinski definition) is 6. The molecule has 0 amide bonds. The average Bonchev–Trinajstić information content (AvgIpc) is 2.97. The van der Waals surface area contributed by atoms with Crippen LogP contribution >= 0.6 is 11.6 Å². The van der Waals surface area contributed by atoms with Gasteiger partial charge in [0.05, 0.1) is 5.56 Å². The molecule has 0 saturated carbocycles. The first kappa shape index (κ1) is 16.8. The third-order valence-electron chi connectivity index (χ3n) is 2.64. The van der Waals surface area contributed by atoms with E-state index < -0.39 is 43.1 Å². The van der Waals surface area contributed by atoms with E-state index in [1.807, 2.05) is 0 Å². The fourth-order valence-electron chi connectivity index (χ4n) is 1.89. The van der Waals surface area contributed by atoms with E-state index in [1.54, 1.807) is 0 Å². The zero-order valence-corrected chi connectivity index (χ0v) is 11.1. The molecule has 0 fully saturated rings. The molecule has 2 rings (SSSR count). The number of aromatic carboxylic acids is 1. The molecule has 0 spiro atoms. The van der Waals surface area contributed by atoms with Crippen LogP contribution in [0.4, 0.5) is 13.2 Å². The molecule has 1 aliphatic rings. The summed E-state index contributed by atoms with van der Waals surface area (Å²) in [6, 6.07) is 0.840. The number of benzene rings is 1. The molecule has 0 saturated heterocycles. The lowest BCUT2D eigenvalue weighted by Crippen LogP contribution is -2.37. The van der Waals surface area contributed by atoms with E-state index in [2.05, 4.69) is 9.39 Å². The fraction of sp³-hybridized carbons (Fsp3) is 0.300. The maximum Gasteiger partial charge on any atom is 0.422 e. The quantitative estimate of drug-likeness (QED) is 0.401. The van der Waals surface area contributed by atoms with Crippen LogP contribution in [0.25, 0.3) is 0 Å². The molecule has 22 heavy (non-hydrogen) atoms.